The van der Waals surface area contributed by atoms with Crippen molar-refractivity contribution in [3.8, 4) is 5.75 Å². The summed E-state index contributed by atoms with van der Waals surface area (Å²) in [7, 11) is -4.52. The van der Waals surface area contributed by atoms with Crippen LogP contribution < -0.4 is 16.6 Å². The summed E-state index contributed by atoms with van der Waals surface area (Å²) in [5, 5.41) is 9.06. The van der Waals surface area contributed by atoms with Crippen LogP contribution >= 0.6 is 0 Å². The number of aromatic hydroxyl groups is 1. The van der Waals surface area contributed by atoms with Crippen LogP contribution in [0.5, 0.6) is 5.75 Å². The van der Waals surface area contributed by atoms with Gasteiger partial charge in [0.15, 0.2) is 0 Å². The van der Waals surface area contributed by atoms with E-state index in [1.807, 2.05) is 5.43 Å². The van der Waals surface area contributed by atoms with Gasteiger partial charge < -0.3 is 10.8 Å². The van der Waals surface area contributed by atoms with Crippen molar-refractivity contribution >= 4 is 21.8 Å². The summed E-state index contributed by atoms with van der Waals surface area (Å²) in [6.07, 6.45) is 0. The number of carbonyl (C=O) groups is 1. The van der Waals surface area contributed by atoms with E-state index in [1.54, 1.807) is 0 Å². The molecule has 1 rings (SSSR count). The second-order valence-corrected chi connectivity index (χ2v) is 4.16. The molecule has 1 aromatic carbocycles. The van der Waals surface area contributed by atoms with Gasteiger partial charge in [-0.05, 0) is 12.1 Å². The van der Waals surface area contributed by atoms with E-state index in [4.69, 9.17) is 15.4 Å². The summed E-state index contributed by atoms with van der Waals surface area (Å²) in [6, 6.07) is 2.20. The molecule has 0 bridgehead atoms. The number of phenolic OH excluding ortho intramolecular Hbond substituents is 1. The standard InChI is InChI=1S/C7H9N3O5S/c8-7(12)10-9-5-2-1-4(11)3-6(5)16(13,14)15/h1-3,9,11H,(H3,8,10,12)(H,13,14,15). The average molecular weight is 247 g/mol. The van der Waals surface area contributed by atoms with Crippen molar-refractivity contribution in [1.29, 1.82) is 0 Å². The number of hydrogen-bond donors (Lipinski definition) is 5. The van der Waals surface area contributed by atoms with E-state index in [0.29, 0.717) is 0 Å². The largest absolute Gasteiger partial charge is 0.508 e. The Morgan fingerprint density at radius 2 is 2.00 bits per heavy atom. The Kier molecular flexibility index (Phi) is 3.20. The lowest BCUT2D eigenvalue weighted by atomic mass is 10.3. The average Bonchev–Trinajstić information content (AvgIpc) is 2.14. The molecule has 0 heterocycles. The molecule has 0 fully saturated rings. The van der Waals surface area contributed by atoms with Crippen molar-refractivity contribution in [2.45, 2.75) is 4.90 Å². The van der Waals surface area contributed by atoms with Gasteiger partial charge in [-0.15, -0.1) is 0 Å². The van der Waals surface area contributed by atoms with Crippen LogP contribution in [0.1, 0.15) is 0 Å². The quantitative estimate of drug-likeness (QED) is 0.280. The highest BCUT2D eigenvalue weighted by atomic mass is 32.2. The second-order valence-electron chi connectivity index (χ2n) is 2.77. The highest BCUT2D eigenvalue weighted by molar-refractivity contribution is 7.86. The minimum atomic E-state index is -4.52. The fraction of sp³-hybridized carbons (Fsp3) is 0. The van der Waals surface area contributed by atoms with E-state index >= 15 is 0 Å². The number of carbonyl (C=O) groups excluding carboxylic acids is 1. The number of benzene rings is 1. The monoisotopic (exact) mass is 247 g/mol. The van der Waals surface area contributed by atoms with Gasteiger partial charge in [0.2, 0.25) is 0 Å². The van der Waals surface area contributed by atoms with Crippen molar-refractivity contribution in [1.82, 2.24) is 5.43 Å². The number of hydrazine groups is 1. The number of phenols is 1. The van der Waals surface area contributed by atoms with Crippen LogP contribution in [0.2, 0.25) is 0 Å². The lowest BCUT2D eigenvalue weighted by Crippen LogP contribution is -2.34. The van der Waals surface area contributed by atoms with E-state index in [1.165, 1.54) is 6.07 Å². The molecule has 0 radical (unpaired) electrons. The number of urea groups is 1. The smallest absolute Gasteiger partial charge is 0.330 e. The molecule has 0 aromatic heterocycles. The van der Waals surface area contributed by atoms with Crippen LogP contribution in [-0.2, 0) is 10.1 Å². The van der Waals surface area contributed by atoms with Crippen LogP contribution in [0.3, 0.4) is 0 Å². The van der Waals surface area contributed by atoms with Crippen LogP contribution in [0, 0.1) is 0 Å². The van der Waals surface area contributed by atoms with Crippen LogP contribution in [0.4, 0.5) is 10.5 Å². The molecule has 0 aliphatic carbocycles. The maximum absolute atomic E-state index is 10.9. The second kappa shape index (κ2) is 4.24. The maximum atomic E-state index is 10.9. The van der Waals surface area contributed by atoms with Crippen molar-refractivity contribution in [3.05, 3.63) is 18.2 Å². The zero-order chi connectivity index (χ0) is 12.3. The number of amides is 2. The van der Waals surface area contributed by atoms with Crippen molar-refractivity contribution < 1.29 is 22.9 Å². The Labute approximate surface area is 90.8 Å². The van der Waals surface area contributed by atoms with Gasteiger partial charge >= 0.3 is 6.03 Å². The van der Waals surface area contributed by atoms with Gasteiger partial charge in [-0.2, -0.15) is 8.42 Å². The van der Waals surface area contributed by atoms with E-state index in [-0.39, 0.29) is 11.4 Å². The molecule has 2 amide bonds. The first-order valence-electron chi connectivity index (χ1n) is 3.92. The van der Waals surface area contributed by atoms with Gasteiger partial charge in [-0.3, -0.25) is 15.4 Å². The van der Waals surface area contributed by atoms with Crippen LogP contribution in [-0.4, -0.2) is 24.1 Å². The number of rotatable bonds is 3. The number of primary amides is 1. The summed E-state index contributed by atoms with van der Waals surface area (Å²) in [5.74, 6) is -0.350. The van der Waals surface area contributed by atoms with Gasteiger partial charge in [-0.1, -0.05) is 0 Å². The van der Waals surface area contributed by atoms with Gasteiger partial charge in [0.05, 0.1) is 5.69 Å². The Hall–Kier alpha value is -2.00. The van der Waals surface area contributed by atoms with E-state index in [0.717, 1.165) is 12.1 Å². The SMILES string of the molecule is NC(=O)NNc1ccc(O)cc1S(=O)(=O)O. The minimum absolute atomic E-state index is 0.126. The maximum Gasteiger partial charge on any atom is 0.330 e. The topological polar surface area (TPSA) is 142 Å². The van der Waals surface area contributed by atoms with Gasteiger partial charge in [0.25, 0.3) is 10.1 Å². The molecule has 0 atom stereocenters. The molecule has 0 aliphatic rings. The molecule has 0 unspecified atom stereocenters. The Bertz CT molecular complexity index is 513. The van der Waals surface area contributed by atoms with Gasteiger partial charge in [0.1, 0.15) is 10.6 Å². The van der Waals surface area contributed by atoms with E-state index < -0.39 is 21.0 Å². The summed E-state index contributed by atoms with van der Waals surface area (Å²) >= 11 is 0. The van der Waals surface area contributed by atoms with Gasteiger partial charge in [-0.25, -0.2) is 4.79 Å². The Morgan fingerprint density at radius 3 is 2.50 bits per heavy atom. The summed E-state index contributed by atoms with van der Waals surface area (Å²) in [4.78, 5) is 9.81. The highest BCUT2D eigenvalue weighted by Crippen LogP contribution is 2.24. The zero-order valence-corrected chi connectivity index (χ0v) is 8.65. The number of anilines is 1. The third-order valence-electron chi connectivity index (χ3n) is 1.56. The molecule has 0 saturated carbocycles. The lowest BCUT2D eigenvalue weighted by molar-refractivity contribution is 0.250. The van der Waals surface area contributed by atoms with Crippen molar-refractivity contribution in [2.75, 3.05) is 5.43 Å². The molecular weight excluding hydrogens is 238 g/mol. The Balaban J connectivity index is 3.13. The predicted octanol–water partition coefficient (Wildman–Crippen LogP) is -0.366. The van der Waals surface area contributed by atoms with E-state index in [2.05, 4.69) is 5.43 Å². The predicted molar refractivity (Wildman–Crippen MR) is 54.3 cm³/mol. The molecule has 88 valence electrons. The number of nitrogens with two attached hydrogens (primary N) is 1. The zero-order valence-electron chi connectivity index (χ0n) is 7.84. The molecule has 6 N–H and O–H groups in total. The third-order valence-corrected chi connectivity index (χ3v) is 2.46. The molecule has 0 spiro atoms. The molecular formula is C7H9N3O5S. The third kappa shape index (κ3) is 3.00. The van der Waals surface area contributed by atoms with Crippen LogP contribution in [0.15, 0.2) is 23.1 Å². The molecule has 0 aliphatic heterocycles. The fourth-order valence-electron chi connectivity index (χ4n) is 0.957. The van der Waals surface area contributed by atoms with Gasteiger partial charge in [0, 0.05) is 6.07 Å². The summed E-state index contributed by atoms with van der Waals surface area (Å²) < 4.78 is 30.7. The number of nitrogens with one attached hydrogen (secondary N) is 2. The molecule has 9 heteroatoms. The molecule has 1 aromatic rings. The van der Waals surface area contributed by atoms with Crippen molar-refractivity contribution in [3.63, 3.8) is 0 Å². The molecule has 16 heavy (non-hydrogen) atoms. The molecule has 0 saturated heterocycles. The minimum Gasteiger partial charge on any atom is -0.508 e. The van der Waals surface area contributed by atoms with Crippen molar-refractivity contribution in [2.24, 2.45) is 5.73 Å². The first-order chi connectivity index (χ1) is 7.30. The number of hydrogen-bond acceptors (Lipinski definition) is 5. The molecule has 8 nitrogen and oxygen atoms in total. The highest BCUT2D eigenvalue weighted by Gasteiger charge is 2.16. The van der Waals surface area contributed by atoms with Crippen LogP contribution in [0.25, 0.3) is 0 Å². The fourth-order valence-corrected chi connectivity index (χ4v) is 1.62. The first kappa shape index (κ1) is 12.1. The van der Waals surface area contributed by atoms with E-state index in [9.17, 15) is 13.2 Å². The normalized spacial score (nSPS) is 10.8. The summed E-state index contributed by atoms with van der Waals surface area (Å²) in [5.41, 5.74) is 8.73. The lowest BCUT2D eigenvalue weighted by Gasteiger charge is -2.09. The Morgan fingerprint density at radius 1 is 1.38 bits per heavy atom. The first-order valence-corrected chi connectivity index (χ1v) is 5.36. The summed E-state index contributed by atoms with van der Waals surface area (Å²) in [6.45, 7) is 0.